The first kappa shape index (κ1) is 11.5. The first-order valence-corrected chi connectivity index (χ1v) is 5.81. The van der Waals surface area contributed by atoms with Gasteiger partial charge in [-0.05, 0) is 12.1 Å². The summed E-state index contributed by atoms with van der Waals surface area (Å²) >= 11 is 0. The molecule has 19 heavy (non-hydrogen) atoms. The third-order valence-electron chi connectivity index (χ3n) is 2.89. The molecule has 1 aliphatic heterocycles. The van der Waals surface area contributed by atoms with E-state index in [1.807, 2.05) is 24.3 Å². The van der Waals surface area contributed by atoms with E-state index in [2.05, 4.69) is 15.6 Å². The van der Waals surface area contributed by atoms with Crippen LogP contribution in [0.5, 0.6) is 0 Å². The molecule has 1 aromatic heterocycles. The van der Waals surface area contributed by atoms with Crippen LogP contribution in [-0.2, 0) is 9.59 Å². The fourth-order valence-electron chi connectivity index (χ4n) is 1.99. The van der Waals surface area contributed by atoms with Crippen LogP contribution in [0.1, 0.15) is 6.42 Å². The smallest absolute Gasteiger partial charge is 0.249 e. The number of oxazole rings is 1. The lowest BCUT2D eigenvalue weighted by Gasteiger charge is -2.11. The molecule has 2 heterocycles. The lowest BCUT2D eigenvalue weighted by molar-refractivity contribution is -0.124. The summed E-state index contributed by atoms with van der Waals surface area (Å²) in [5.41, 5.74) is 1.61. The second kappa shape index (κ2) is 4.56. The minimum absolute atomic E-state index is 0.158. The number of imide groups is 1. The van der Waals surface area contributed by atoms with Gasteiger partial charge in [0.25, 0.3) is 0 Å². The fraction of sp³-hybridized carbons (Fsp3) is 0.154. The van der Waals surface area contributed by atoms with Crippen molar-refractivity contribution in [3.63, 3.8) is 0 Å². The summed E-state index contributed by atoms with van der Waals surface area (Å²) in [5.74, 6) is 0.0968. The van der Waals surface area contributed by atoms with E-state index < -0.39 is 6.04 Å². The van der Waals surface area contributed by atoms with E-state index in [1.54, 1.807) is 6.20 Å². The first-order chi connectivity index (χ1) is 9.22. The van der Waals surface area contributed by atoms with Crippen molar-refractivity contribution in [2.75, 3.05) is 5.32 Å². The van der Waals surface area contributed by atoms with Crippen LogP contribution in [0.3, 0.4) is 0 Å². The molecule has 0 spiro atoms. The molecule has 1 fully saturated rings. The molecule has 6 heteroatoms. The van der Waals surface area contributed by atoms with E-state index in [0.29, 0.717) is 5.76 Å². The zero-order valence-electron chi connectivity index (χ0n) is 9.92. The van der Waals surface area contributed by atoms with Crippen LogP contribution < -0.4 is 10.6 Å². The van der Waals surface area contributed by atoms with Crippen LogP contribution in [0, 0.1) is 0 Å². The molecule has 0 radical (unpaired) electrons. The highest BCUT2D eigenvalue weighted by Crippen LogP contribution is 2.23. The molecule has 6 nitrogen and oxygen atoms in total. The zero-order chi connectivity index (χ0) is 13.2. The van der Waals surface area contributed by atoms with Gasteiger partial charge in [0.15, 0.2) is 12.2 Å². The highest BCUT2D eigenvalue weighted by atomic mass is 16.3. The second-order valence-electron chi connectivity index (χ2n) is 4.26. The van der Waals surface area contributed by atoms with Crippen LogP contribution in [0.25, 0.3) is 11.3 Å². The molecule has 2 aromatic rings. The standard InChI is InChI=1S/C13H11N3O3/c17-12-5-10(13(18)16-12)15-9-3-1-2-8(4-9)11-6-14-7-19-11/h1-4,6-7,10,15H,5H2,(H,16,17,18). The third-order valence-corrected chi connectivity index (χ3v) is 2.89. The summed E-state index contributed by atoms with van der Waals surface area (Å²) in [6, 6.07) is 6.88. The van der Waals surface area contributed by atoms with Gasteiger partial charge in [0.1, 0.15) is 6.04 Å². The van der Waals surface area contributed by atoms with Crippen LogP contribution >= 0.6 is 0 Å². The van der Waals surface area contributed by atoms with Crippen LogP contribution in [0.2, 0.25) is 0 Å². The van der Waals surface area contributed by atoms with E-state index in [1.165, 1.54) is 6.39 Å². The maximum Gasteiger partial charge on any atom is 0.249 e. The molecule has 0 bridgehead atoms. The third kappa shape index (κ3) is 2.33. The van der Waals surface area contributed by atoms with Crippen molar-refractivity contribution in [2.24, 2.45) is 0 Å². The van der Waals surface area contributed by atoms with E-state index in [0.717, 1.165) is 11.3 Å². The Balaban J connectivity index is 1.81. The average molecular weight is 257 g/mol. The van der Waals surface area contributed by atoms with E-state index in [4.69, 9.17) is 4.42 Å². The molecule has 1 aliphatic rings. The highest BCUT2D eigenvalue weighted by Gasteiger charge is 2.30. The van der Waals surface area contributed by atoms with Crippen molar-refractivity contribution in [3.8, 4) is 11.3 Å². The van der Waals surface area contributed by atoms with Gasteiger partial charge in [0.2, 0.25) is 11.8 Å². The van der Waals surface area contributed by atoms with E-state index in [-0.39, 0.29) is 18.2 Å². The molecule has 1 atom stereocenters. The Bertz CT molecular complexity index is 622. The van der Waals surface area contributed by atoms with Gasteiger partial charge >= 0.3 is 0 Å². The van der Waals surface area contributed by atoms with Gasteiger partial charge in [0, 0.05) is 11.3 Å². The maximum absolute atomic E-state index is 11.5. The molecule has 1 saturated heterocycles. The first-order valence-electron chi connectivity index (χ1n) is 5.81. The highest BCUT2D eigenvalue weighted by molar-refractivity contribution is 6.06. The molecule has 0 aliphatic carbocycles. The van der Waals surface area contributed by atoms with Gasteiger partial charge in [0.05, 0.1) is 12.6 Å². The predicted octanol–water partition coefficient (Wildman–Crippen LogP) is 1.17. The van der Waals surface area contributed by atoms with Gasteiger partial charge in [-0.2, -0.15) is 0 Å². The molecule has 3 rings (SSSR count). The van der Waals surface area contributed by atoms with Crippen LogP contribution in [-0.4, -0.2) is 22.8 Å². The minimum atomic E-state index is -0.516. The number of anilines is 1. The Morgan fingerprint density at radius 3 is 2.95 bits per heavy atom. The Kier molecular flexibility index (Phi) is 2.75. The summed E-state index contributed by atoms with van der Waals surface area (Å²) in [5, 5.41) is 5.29. The van der Waals surface area contributed by atoms with Crippen molar-refractivity contribution in [1.82, 2.24) is 10.3 Å². The molecule has 1 aromatic carbocycles. The number of rotatable bonds is 3. The van der Waals surface area contributed by atoms with Crippen molar-refractivity contribution in [1.29, 1.82) is 0 Å². The number of amides is 2. The number of hydrogen-bond donors (Lipinski definition) is 2. The van der Waals surface area contributed by atoms with Crippen molar-refractivity contribution in [3.05, 3.63) is 36.9 Å². The van der Waals surface area contributed by atoms with Crippen LogP contribution in [0.15, 0.2) is 41.3 Å². The van der Waals surface area contributed by atoms with Crippen molar-refractivity contribution < 1.29 is 14.0 Å². The van der Waals surface area contributed by atoms with Crippen molar-refractivity contribution in [2.45, 2.75) is 12.5 Å². The average Bonchev–Trinajstić information content (AvgIpc) is 3.01. The molecule has 0 saturated carbocycles. The number of nitrogens with one attached hydrogen (secondary N) is 2. The zero-order valence-corrected chi connectivity index (χ0v) is 9.92. The molecule has 2 amide bonds. The Labute approximate surface area is 108 Å². The summed E-state index contributed by atoms with van der Waals surface area (Å²) in [6.07, 6.45) is 3.13. The van der Waals surface area contributed by atoms with Gasteiger partial charge in [-0.3, -0.25) is 14.9 Å². The number of hydrogen-bond acceptors (Lipinski definition) is 5. The topological polar surface area (TPSA) is 84.2 Å². The Morgan fingerprint density at radius 2 is 2.26 bits per heavy atom. The minimum Gasteiger partial charge on any atom is -0.444 e. The summed E-state index contributed by atoms with van der Waals surface area (Å²) < 4.78 is 5.21. The Morgan fingerprint density at radius 1 is 1.37 bits per heavy atom. The van der Waals surface area contributed by atoms with Gasteiger partial charge in [-0.1, -0.05) is 12.1 Å². The largest absolute Gasteiger partial charge is 0.444 e. The second-order valence-corrected chi connectivity index (χ2v) is 4.26. The lowest BCUT2D eigenvalue weighted by Crippen LogP contribution is -2.29. The predicted molar refractivity (Wildman–Crippen MR) is 67.1 cm³/mol. The summed E-state index contributed by atoms with van der Waals surface area (Å²) in [7, 11) is 0. The number of aromatic nitrogens is 1. The molecular formula is C13H11N3O3. The Hall–Kier alpha value is -2.63. The number of carbonyl (C=O) groups is 2. The SMILES string of the molecule is O=C1CC(Nc2cccc(-c3cnco3)c2)C(=O)N1. The number of benzene rings is 1. The monoisotopic (exact) mass is 257 g/mol. The maximum atomic E-state index is 11.5. The van der Waals surface area contributed by atoms with E-state index in [9.17, 15) is 9.59 Å². The number of carbonyl (C=O) groups excluding carboxylic acids is 2. The fourth-order valence-corrected chi connectivity index (χ4v) is 1.99. The quantitative estimate of drug-likeness (QED) is 0.806. The summed E-state index contributed by atoms with van der Waals surface area (Å²) in [6.45, 7) is 0. The van der Waals surface area contributed by atoms with Crippen molar-refractivity contribution >= 4 is 17.5 Å². The van der Waals surface area contributed by atoms with Crippen LogP contribution in [0.4, 0.5) is 5.69 Å². The molecule has 2 N–H and O–H groups in total. The molecule has 1 unspecified atom stereocenters. The summed E-state index contributed by atoms with van der Waals surface area (Å²) in [4.78, 5) is 26.4. The molecule has 96 valence electrons. The number of nitrogens with zero attached hydrogens (tertiary/aromatic N) is 1. The van der Waals surface area contributed by atoms with E-state index >= 15 is 0 Å². The van der Waals surface area contributed by atoms with Gasteiger partial charge in [-0.15, -0.1) is 0 Å². The normalized spacial score (nSPS) is 18.4. The van der Waals surface area contributed by atoms with Gasteiger partial charge in [-0.25, -0.2) is 4.98 Å². The molecular weight excluding hydrogens is 246 g/mol. The lowest BCUT2D eigenvalue weighted by atomic mass is 10.1. The van der Waals surface area contributed by atoms with Gasteiger partial charge < -0.3 is 9.73 Å².